The number of carboxylic acid groups (broad SMARTS) is 1. The number of carbonyl (C=O) groups excluding carboxylic acids is 1. The van der Waals surface area contributed by atoms with E-state index in [0.717, 1.165) is 19.3 Å². The third-order valence-corrected chi connectivity index (χ3v) is 4.73. The van der Waals surface area contributed by atoms with Gasteiger partial charge in [-0.25, -0.2) is 9.59 Å². The number of aliphatic carboxylic acids is 1. The number of hydrogen-bond donors (Lipinski definition) is 2. The van der Waals surface area contributed by atoms with Gasteiger partial charge in [0, 0.05) is 11.8 Å². The Morgan fingerprint density at radius 3 is 2.44 bits per heavy atom. The fourth-order valence-electron chi connectivity index (χ4n) is 2.08. The lowest BCUT2D eigenvalue weighted by molar-refractivity contribution is -0.141. The molecule has 18 heavy (non-hydrogen) atoms. The van der Waals surface area contributed by atoms with E-state index in [0.29, 0.717) is 5.75 Å². The highest BCUT2D eigenvalue weighted by Crippen LogP contribution is 2.31. The minimum Gasteiger partial charge on any atom is -0.480 e. The van der Waals surface area contributed by atoms with E-state index in [1.54, 1.807) is 11.8 Å². The summed E-state index contributed by atoms with van der Waals surface area (Å²) in [6.45, 7) is 6.00. The molecule has 0 spiro atoms. The average Bonchev–Trinajstić information content (AvgIpc) is 2.79. The maximum Gasteiger partial charge on any atom is 0.327 e. The van der Waals surface area contributed by atoms with E-state index in [2.05, 4.69) is 5.32 Å². The van der Waals surface area contributed by atoms with Gasteiger partial charge in [-0.05, 0) is 19.3 Å². The van der Waals surface area contributed by atoms with Gasteiger partial charge < -0.3 is 10.4 Å². The van der Waals surface area contributed by atoms with E-state index >= 15 is 0 Å². The SMILES string of the molecule is CCC(CC)NC(=O)N1C(CC)SCC1C(=O)O. The zero-order valence-corrected chi connectivity index (χ0v) is 12.0. The van der Waals surface area contributed by atoms with Crippen molar-refractivity contribution in [2.24, 2.45) is 0 Å². The number of hydrogen-bond acceptors (Lipinski definition) is 3. The lowest BCUT2D eigenvalue weighted by atomic mass is 10.2. The monoisotopic (exact) mass is 274 g/mol. The maximum absolute atomic E-state index is 12.2. The van der Waals surface area contributed by atoms with Gasteiger partial charge >= 0.3 is 12.0 Å². The van der Waals surface area contributed by atoms with Crippen LogP contribution in [0.2, 0.25) is 0 Å². The highest BCUT2D eigenvalue weighted by atomic mass is 32.2. The number of thioether (sulfide) groups is 1. The standard InChI is InChI=1S/C12H22N2O3S/c1-4-8(5-2)13-12(17)14-9(11(15)16)7-18-10(14)6-3/h8-10H,4-7H2,1-3H3,(H,13,17)(H,15,16). The van der Waals surface area contributed by atoms with Crippen molar-refractivity contribution in [1.82, 2.24) is 10.2 Å². The number of nitrogens with one attached hydrogen (secondary N) is 1. The fraction of sp³-hybridized carbons (Fsp3) is 0.833. The van der Waals surface area contributed by atoms with Gasteiger partial charge in [-0.15, -0.1) is 11.8 Å². The number of nitrogens with zero attached hydrogens (tertiary/aromatic N) is 1. The zero-order chi connectivity index (χ0) is 13.7. The van der Waals surface area contributed by atoms with Crippen LogP contribution < -0.4 is 5.32 Å². The molecule has 6 heteroatoms. The van der Waals surface area contributed by atoms with Crippen LogP contribution in [-0.4, -0.2) is 45.2 Å². The molecular weight excluding hydrogens is 252 g/mol. The van der Waals surface area contributed by atoms with Crippen molar-refractivity contribution >= 4 is 23.8 Å². The molecule has 0 aromatic rings. The van der Waals surface area contributed by atoms with Crippen LogP contribution in [0.3, 0.4) is 0 Å². The van der Waals surface area contributed by atoms with Gasteiger partial charge in [-0.3, -0.25) is 4.90 Å². The van der Waals surface area contributed by atoms with Crippen LogP contribution in [0, 0.1) is 0 Å². The molecule has 2 unspecified atom stereocenters. The summed E-state index contributed by atoms with van der Waals surface area (Å²) < 4.78 is 0. The second kappa shape index (κ2) is 6.87. The Bertz CT molecular complexity index is 308. The first-order chi connectivity index (χ1) is 8.54. The quantitative estimate of drug-likeness (QED) is 0.805. The molecule has 0 saturated carbocycles. The molecule has 1 aliphatic rings. The van der Waals surface area contributed by atoms with Crippen LogP contribution in [-0.2, 0) is 4.79 Å². The molecule has 2 amide bonds. The van der Waals surface area contributed by atoms with Crippen molar-refractivity contribution in [2.75, 3.05) is 5.75 Å². The molecule has 0 bridgehead atoms. The fourth-order valence-corrected chi connectivity index (χ4v) is 3.43. The Morgan fingerprint density at radius 1 is 1.39 bits per heavy atom. The first-order valence-corrected chi connectivity index (χ1v) is 7.53. The van der Waals surface area contributed by atoms with Gasteiger partial charge in [0.25, 0.3) is 0 Å². The second-order valence-corrected chi connectivity index (χ2v) is 5.63. The van der Waals surface area contributed by atoms with Crippen LogP contribution >= 0.6 is 11.8 Å². The van der Waals surface area contributed by atoms with E-state index in [1.165, 1.54) is 4.90 Å². The summed E-state index contributed by atoms with van der Waals surface area (Å²) in [6.07, 6.45) is 2.49. The number of carboxylic acids is 1. The lowest BCUT2D eigenvalue weighted by Crippen LogP contribution is -2.52. The number of amides is 2. The average molecular weight is 274 g/mol. The Morgan fingerprint density at radius 2 is 2.00 bits per heavy atom. The van der Waals surface area contributed by atoms with Crippen LogP contribution in [0.1, 0.15) is 40.0 Å². The van der Waals surface area contributed by atoms with E-state index in [4.69, 9.17) is 5.11 Å². The Kier molecular flexibility index (Phi) is 5.78. The summed E-state index contributed by atoms with van der Waals surface area (Å²) in [5, 5.41) is 12.0. The van der Waals surface area contributed by atoms with Crippen LogP contribution in [0.15, 0.2) is 0 Å². The summed E-state index contributed by atoms with van der Waals surface area (Å²) >= 11 is 1.54. The summed E-state index contributed by atoms with van der Waals surface area (Å²) in [4.78, 5) is 24.9. The van der Waals surface area contributed by atoms with Gasteiger partial charge in [0.15, 0.2) is 0 Å². The molecule has 1 saturated heterocycles. The minimum absolute atomic E-state index is 0.0273. The molecule has 0 aromatic heterocycles. The van der Waals surface area contributed by atoms with E-state index in [9.17, 15) is 9.59 Å². The molecule has 1 rings (SSSR count). The van der Waals surface area contributed by atoms with Gasteiger partial charge in [0.2, 0.25) is 0 Å². The van der Waals surface area contributed by atoms with Crippen molar-refractivity contribution in [1.29, 1.82) is 0 Å². The molecule has 2 atom stereocenters. The van der Waals surface area contributed by atoms with Gasteiger partial charge in [0.1, 0.15) is 6.04 Å². The van der Waals surface area contributed by atoms with Crippen LogP contribution in [0.5, 0.6) is 0 Å². The van der Waals surface area contributed by atoms with Gasteiger partial charge in [-0.1, -0.05) is 20.8 Å². The van der Waals surface area contributed by atoms with Crippen molar-refractivity contribution < 1.29 is 14.7 Å². The molecule has 1 fully saturated rings. The molecule has 1 heterocycles. The number of carbonyl (C=O) groups is 2. The molecule has 104 valence electrons. The Hall–Kier alpha value is -0.910. The summed E-state index contributed by atoms with van der Waals surface area (Å²) in [6, 6.07) is -0.822. The molecule has 0 radical (unpaired) electrons. The summed E-state index contributed by atoms with van der Waals surface area (Å²) in [7, 11) is 0. The first-order valence-electron chi connectivity index (χ1n) is 6.48. The Balaban J connectivity index is 2.75. The molecule has 0 aliphatic carbocycles. The van der Waals surface area contributed by atoms with Gasteiger partial charge in [-0.2, -0.15) is 0 Å². The second-order valence-electron chi connectivity index (χ2n) is 4.42. The summed E-state index contributed by atoms with van der Waals surface area (Å²) in [5.74, 6) is -0.442. The largest absolute Gasteiger partial charge is 0.480 e. The number of urea groups is 1. The van der Waals surface area contributed by atoms with Crippen LogP contribution in [0.4, 0.5) is 4.79 Å². The van der Waals surface area contributed by atoms with Crippen LogP contribution in [0.25, 0.3) is 0 Å². The lowest BCUT2D eigenvalue weighted by Gasteiger charge is -2.28. The highest BCUT2D eigenvalue weighted by Gasteiger charge is 2.41. The number of rotatable bonds is 5. The van der Waals surface area contributed by atoms with E-state index < -0.39 is 12.0 Å². The molecule has 1 aliphatic heterocycles. The van der Waals surface area contributed by atoms with Crippen molar-refractivity contribution in [3.8, 4) is 0 Å². The molecule has 5 nitrogen and oxygen atoms in total. The van der Waals surface area contributed by atoms with Crippen molar-refractivity contribution in [2.45, 2.75) is 57.5 Å². The van der Waals surface area contributed by atoms with E-state index in [1.807, 2.05) is 20.8 Å². The smallest absolute Gasteiger partial charge is 0.327 e. The van der Waals surface area contributed by atoms with Crippen molar-refractivity contribution in [3.05, 3.63) is 0 Å². The van der Waals surface area contributed by atoms with E-state index in [-0.39, 0.29) is 17.4 Å². The van der Waals surface area contributed by atoms with Crippen molar-refractivity contribution in [3.63, 3.8) is 0 Å². The Labute approximate surface area is 112 Å². The minimum atomic E-state index is -0.918. The highest BCUT2D eigenvalue weighted by molar-refractivity contribution is 8.00. The molecule has 2 N–H and O–H groups in total. The van der Waals surface area contributed by atoms with Gasteiger partial charge in [0.05, 0.1) is 5.37 Å². The third kappa shape index (κ3) is 3.31. The molecule has 0 aromatic carbocycles. The zero-order valence-electron chi connectivity index (χ0n) is 11.2. The topological polar surface area (TPSA) is 69.6 Å². The predicted octanol–water partition coefficient (Wildman–Crippen LogP) is 2.12. The molecular formula is C12H22N2O3S. The predicted molar refractivity (Wildman–Crippen MR) is 72.7 cm³/mol. The maximum atomic E-state index is 12.2. The first kappa shape index (κ1) is 15.1. The normalized spacial score (nSPS) is 23.4. The third-order valence-electron chi connectivity index (χ3n) is 3.27. The summed E-state index contributed by atoms with van der Waals surface area (Å²) in [5.41, 5.74) is 0.